The van der Waals surface area contributed by atoms with Crippen LogP contribution in [0, 0.1) is 5.92 Å². The van der Waals surface area contributed by atoms with E-state index in [1.54, 1.807) is 31.2 Å². The van der Waals surface area contributed by atoms with Gasteiger partial charge in [0.1, 0.15) is 0 Å². The molecular weight excluding hydrogens is 283 g/mol. The topological polar surface area (TPSA) is 49.3 Å². The van der Waals surface area contributed by atoms with Crippen LogP contribution in [0.25, 0.3) is 0 Å². The second-order valence-electron chi connectivity index (χ2n) is 4.11. The van der Waals surface area contributed by atoms with E-state index < -0.39 is 30.7 Å². The van der Waals surface area contributed by atoms with Crippen molar-refractivity contribution in [2.24, 2.45) is 5.92 Å². The molecule has 0 aliphatic carbocycles. The van der Waals surface area contributed by atoms with Gasteiger partial charge in [0.15, 0.2) is 5.92 Å². The van der Waals surface area contributed by atoms with Gasteiger partial charge >= 0.3 is 12.1 Å². The minimum absolute atomic E-state index is 0.401. The van der Waals surface area contributed by atoms with Crippen LogP contribution in [0.1, 0.15) is 18.5 Å². The molecule has 7 heteroatoms. The number of benzene rings is 1. The van der Waals surface area contributed by atoms with Gasteiger partial charge in [-0.1, -0.05) is 23.7 Å². The van der Waals surface area contributed by atoms with Crippen LogP contribution in [-0.4, -0.2) is 23.8 Å². The van der Waals surface area contributed by atoms with Crippen molar-refractivity contribution in [3.8, 4) is 0 Å². The number of hydrogen-bond acceptors (Lipinski definition) is 2. The number of aliphatic carboxylic acids is 1. The van der Waals surface area contributed by atoms with E-state index in [0.717, 1.165) is 5.56 Å². The molecule has 1 aromatic carbocycles. The van der Waals surface area contributed by atoms with Gasteiger partial charge in [0.05, 0.1) is 0 Å². The highest BCUT2D eigenvalue weighted by Gasteiger charge is 2.44. The molecule has 0 bridgehead atoms. The molecule has 0 saturated heterocycles. The molecular formula is C12H13ClF3NO2. The lowest BCUT2D eigenvalue weighted by Crippen LogP contribution is -2.39. The number of carbonyl (C=O) groups is 1. The van der Waals surface area contributed by atoms with Crippen LogP contribution in [0.2, 0.25) is 5.02 Å². The van der Waals surface area contributed by atoms with E-state index in [9.17, 15) is 18.0 Å². The normalized spacial score (nSPS) is 15.0. The Kier molecular flexibility index (Phi) is 5.20. The first-order chi connectivity index (χ1) is 8.71. The Labute approximate surface area is 113 Å². The SMILES string of the molecule is CC(NCC(C(=O)O)C(F)(F)F)c1ccc(Cl)cc1. The summed E-state index contributed by atoms with van der Waals surface area (Å²) in [5.74, 6) is -4.30. The minimum atomic E-state index is -4.77. The highest BCUT2D eigenvalue weighted by molar-refractivity contribution is 6.30. The van der Waals surface area contributed by atoms with E-state index >= 15 is 0 Å². The Hall–Kier alpha value is -1.27. The Morgan fingerprint density at radius 3 is 2.32 bits per heavy atom. The third-order valence-corrected chi connectivity index (χ3v) is 2.94. The van der Waals surface area contributed by atoms with E-state index in [0.29, 0.717) is 5.02 Å². The van der Waals surface area contributed by atoms with E-state index in [-0.39, 0.29) is 0 Å². The molecule has 0 aromatic heterocycles. The summed E-state index contributed by atoms with van der Waals surface area (Å²) in [6.07, 6.45) is -4.77. The maximum absolute atomic E-state index is 12.4. The Morgan fingerprint density at radius 2 is 1.89 bits per heavy atom. The van der Waals surface area contributed by atoms with Gasteiger partial charge in [-0.25, -0.2) is 0 Å². The average molecular weight is 296 g/mol. The van der Waals surface area contributed by atoms with E-state index in [4.69, 9.17) is 16.7 Å². The lowest BCUT2D eigenvalue weighted by atomic mass is 10.1. The molecule has 106 valence electrons. The van der Waals surface area contributed by atoms with Gasteiger partial charge in [-0.05, 0) is 24.6 Å². The van der Waals surface area contributed by atoms with Crippen LogP contribution in [0.4, 0.5) is 13.2 Å². The Morgan fingerprint density at radius 1 is 1.37 bits per heavy atom. The molecule has 1 rings (SSSR count). The molecule has 0 spiro atoms. The summed E-state index contributed by atoms with van der Waals surface area (Å²) >= 11 is 5.70. The maximum Gasteiger partial charge on any atom is 0.403 e. The van der Waals surface area contributed by atoms with Crippen molar-refractivity contribution in [3.05, 3.63) is 34.9 Å². The Balaban J connectivity index is 2.64. The fourth-order valence-corrected chi connectivity index (χ4v) is 1.63. The molecule has 19 heavy (non-hydrogen) atoms. The number of rotatable bonds is 5. The highest BCUT2D eigenvalue weighted by atomic mass is 35.5. The number of halogens is 4. The van der Waals surface area contributed by atoms with Gasteiger partial charge in [-0.2, -0.15) is 13.2 Å². The van der Waals surface area contributed by atoms with E-state index in [1.165, 1.54) is 0 Å². The summed E-state index contributed by atoms with van der Waals surface area (Å²) < 4.78 is 37.3. The zero-order valence-corrected chi connectivity index (χ0v) is 10.8. The summed E-state index contributed by atoms with van der Waals surface area (Å²) in [4.78, 5) is 10.6. The van der Waals surface area contributed by atoms with Crippen molar-refractivity contribution in [3.63, 3.8) is 0 Å². The largest absolute Gasteiger partial charge is 0.481 e. The van der Waals surface area contributed by atoms with Crippen LogP contribution in [-0.2, 0) is 4.79 Å². The smallest absolute Gasteiger partial charge is 0.403 e. The third-order valence-electron chi connectivity index (χ3n) is 2.69. The van der Waals surface area contributed by atoms with Crippen molar-refractivity contribution in [1.29, 1.82) is 0 Å². The summed E-state index contributed by atoms with van der Waals surface area (Å²) in [6, 6.07) is 6.18. The number of nitrogens with one attached hydrogen (secondary N) is 1. The standard InChI is InChI=1S/C12H13ClF3NO2/c1-7(8-2-4-9(13)5-3-8)17-6-10(11(18)19)12(14,15)16/h2-5,7,10,17H,6H2,1H3,(H,18,19). The maximum atomic E-state index is 12.4. The number of hydrogen-bond donors (Lipinski definition) is 2. The molecule has 2 unspecified atom stereocenters. The van der Waals surface area contributed by atoms with Crippen LogP contribution in [0.3, 0.4) is 0 Å². The van der Waals surface area contributed by atoms with Gasteiger partial charge in [0.25, 0.3) is 0 Å². The summed E-state index contributed by atoms with van der Waals surface area (Å²) in [6.45, 7) is 0.973. The fraction of sp³-hybridized carbons (Fsp3) is 0.417. The number of carboxylic acids is 1. The second-order valence-corrected chi connectivity index (χ2v) is 4.55. The first-order valence-electron chi connectivity index (χ1n) is 5.50. The van der Waals surface area contributed by atoms with Gasteiger partial charge in [0, 0.05) is 17.6 Å². The van der Waals surface area contributed by atoms with Gasteiger partial charge < -0.3 is 10.4 Å². The molecule has 0 radical (unpaired) electrons. The molecule has 3 nitrogen and oxygen atoms in total. The monoisotopic (exact) mass is 295 g/mol. The molecule has 0 aliphatic rings. The van der Waals surface area contributed by atoms with Gasteiger partial charge in [-0.3, -0.25) is 4.79 Å². The zero-order chi connectivity index (χ0) is 14.6. The van der Waals surface area contributed by atoms with Gasteiger partial charge in [-0.15, -0.1) is 0 Å². The van der Waals surface area contributed by atoms with Crippen molar-refractivity contribution in [2.45, 2.75) is 19.1 Å². The van der Waals surface area contributed by atoms with Crippen molar-refractivity contribution in [1.82, 2.24) is 5.32 Å². The third kappa shape index (κ3) is 4.72. The summed E-state index contributed by atoms with van der Waals surface area (Å²) in [7, 11) is 0. The molecule has 0 aliphatic heterocycles. The van der Waals surface area contributed by atoms with Crippen LogP contribution in [0.5, 0.6) is 0 Å². The molecule has 2 atom stereocenters. The molecule has 0 amide bonds. The van der Waals surface area contributed by atoms with E-state index in [1.807, 2.05) is 0 Å². The molecule has 0 saturated carbocycles. The zero-order valence-electron chi connectivity index (χ0n) is 10.0. The van der Waals surface area contributed by atoms with Crippen LogP contribution < -0.4 is 5.32 Å². The minimum Gasteiger partial charge on any atom is -0.481 e. The molecule has 2 N–H and O–H groups in total. The summed E-state index contributed by atoms with van der Waals surface area (Å²) in [5, 5.41) is 11.6. The highest BCUT2D eigenvalue weighted by Crippen LogP contribution is 2.26. The lowest BCUT2D eigenvalue weighted by molar-refractivity contribution is -0.192. The predicted molar refractivity (Wildman–Crippen MR) is 65.1 cm³/mol. The lowest BCUT2D eigenvalue weighted by Gasteiger charge is -2.20. The van der Waals surface area contributed by atoms with Crippen LogP contribution >= 0.6 is 11.6 Å². The van der Waals surface area contributed by atoms with Gasteiger partial charge in [0.2, 0.25) is 0 Å². The first-order valence-corrected chi connectivity index (χ1v) is 5.88. The molecule has 0 heterocycles. The second kappa shape index (κ2) is 6.25. The van der Waals surface area contributed by atoms with Crippen molar-refractivity contribution < 1.29 is 23.1 Å². The average Bonchev–Trinajstić information content (AvgIpc) is 2.27. The van der Waals surface area contributed by atoms with Crippen molar-refractivity contribution in [2.75, 3.05) is 6.54 Å². The Bertz CT molecular complexity index is 434. The fourth-order valence-electron chi connectivity index (χ4n) is 1.51. The van der Waals surface area contributed by atoms with Crippen LogP contribution in [0.15, 0.2) is 24.3 Å². The number of alkyl halides is 3. The van der Waals surface area contributed by atoms with Crippen molar-refractivity contribution >= 4 is 17.6 Å². The van der Waals surface area contributed by atoms with E-state index in [2.05, 4.69) is 5.32 Å². The number of carboxylic acid groups (broad SMARTS) is 1. The molecule has 0 fully saturated rings. The predicted octanol–water partition coefficient (Wildman–Crippen LogP) is 3.25. The summed E-state index contributed by atoms with van der Waals surface area (Å²) in [5.41, 5.74) is 0.732. The first kappa shape index (κ1) is 15.8. The molecule has 1 aromatic rings. The quantitative estimate of drug-likeness (QED) is 0.876.